The zero-order chi connectivity index (χ0) is 16.6. The third kappa shape index (κ3) is 8.06. The summed E-state index contributed by atoms with van der Waals surface area (Å²) < 4.78 is 5.28. The maximum Gasteiger partial charge on any atom is 0.408 e. The predicted molar refractivity (Wildman–Crippen MR) is 92.4 cm³/mol. The van der Waals surface area contributed by atoms with Crippen molar-refractivity contribution in [3.63, 3.8) is 0 Å². The molecular weight excluding hydrogens is 298 g/mol. The fraction of sp³-hybridized carbons (Fsp3) is 0.882. The minimum Gasteiger partial charge on any atom is -0.444 e. The third-order valence-corrected chi connectivity index (χ3v) is 4.55. The fourth-order valence-electron chi connectivity index (χ4n) is 2.82. The van der Waals surface area contributed by atoms with Crippen LogP contribution in [0.3, 0.4) is 0 Å². The lowest BCUT2D eigenvalue weighted by Crippen LogP contribution is -2.44. The molecule has 1 atom stereocenters. The van der Waals surface area contributed by atoms with Crippen LogP contribution in [0, 0.1) is 5.92 Å². The minimum absolute atomic E-state index is 0.159. The van der Waals surface area contributed by atoms with Gasteiger partial charge in [-0.05, 0) is 45.1 Å². The van der Waals surface area contributed by atoms with Gasteiger partial charge in [-0.15, -0.1) is 0 Å². The van der Waals surface area contributed by atoms with Gasteiger partial charge in [-0.3, -0.25) is 4.79 Å². The van der Waals surface area contributed by atoms with Crippen LogP contribution in [0.2, 0.25) is 0 Å². The summed E-state index contributed by atoms with van der Waals surface area (Å²) >= 11 is 1.69. The number of hydrogen-bond acceptors (Lipinski definition) is 4. The molecule has 0 aromatic heterocycles. The zero-order valence-corrected chi connectivity index (χ0v) is 15.3. The van der Waals surface area contributed by atoms with E-state index in [2.05, 4.69) is 5.32 Å². The van der Waals surface area contributed by atoms with E-state index in [4.69, 9.17) is 4.74 Å². The number of thioether (sulfide) groups is 1. The molecule has 4 nitrogen and oxygen atoms in total. The van der Waals surface area contributed by atoms with Crippen molar-refractivity contribution in [2.45, 2.75) is 77.4 Å². The highest BCUT2D eigenvalue weighted by molar-refractivity contribution is 7.98. The van der Waals surface area contributed by atoms with E-state index in [1.807, 2.05) is 27.0 Å². The van der Waals surface area contributed by atoms with Gasteiger partial charge in [-0.1, -0.05) is 32.1 Å². The van der Waals surface area contributed by atoms with E-state index in [9.17, 15) is 9.59 Å². The Morgan fingerprint density at radius 3 is 2.41 bits per heavy atom. The Hall–Kier alpha value is -0.710. The molecule has 5 heteroatoms. The molecule has 0 aromatic rings. The van der Waals surface area contributed by atoms with E-state index in [1.54, 1.807) is 11.8 Å². The molecule has 1 N–H and O–H groups in total. The van der Waals surface area contributed by atoms with Crippen molar-refractivity contribution in [2.75, 3.05) is 12.0 Å². The summed E-state index contributed by atoms with van der Waals surface area (Å²) in [6, 6.07) is -0.413. The molecule has 1 aliphatic carbocycles. The van der Waals surface area contributed by atoms with E-state index in [0.29, 0.717) is 18.8 Å². The molecule has 0 radical (unpaired) electrons. The van der Waals surface area contributed by atoms with Gasteiger partial charge in [0.1, 0.15) is 5.60 Å². The summed E-state index contributed by atoms with van der Waals surface area (Å²) in [6.07, 6.45) is 8.82. The zero-order valence-electron chi connectivity index (χ0n) is 14.4. The Labute approximate surface area is 139 Å². The van der Waals surface area contributed by atoms with Crippen molar-refractivity contribution in [3.05, 3.63) is 0 Å². The summed E-state index contributed by atoms with van der Waals surface area (Å²) in [5, 5.41) is 2.77. The van der Waals surface area contributed by atoms with Gasteiger partial charge in [0.2, 0.25) is 0 Å². The summed E-state index contributed by atoms with van der Waals surface area (Å²) in [6.45, 7) is 5.48. The van der Waals surface area contributed by atoms with Gasteiger partial charge >= 0.3 is 6.09 Å². The van der Waals surface area contributed by atoms with Crippen LogP contribution in [0.4, 0.5) is 4.79 Å². The number of hydrogen-bond donors (Lipinski definition) is 1. The number of ether oxygens (including phenoxy) is 1. The standard InChI is InChI=1S/C17H31NO3S/c1-17(2,3)21-16(20)18-14(10-11-22-4)15(19)12-13-8-6-5-7-9-13/h13-14H,5-12H2,1-4H3,(H,18,20)/t14-/m0/s1. The van der Waals surface area contributed by atoms with Gasteiger partial charge in [-0.25, -0.2) is 4.79 Å². The molecule has 1 saturated carbocycles. The molecule has 128 valence electrons. The molecule has 0 bridgehead atoms. The topological polar surface area (TPSA) is 55.4 Å². The Kier molecular flexibility index (Phi) is 8.29. The lowest BCUT2D eigenvalue weighted by Gasteiger charge is -2.25. The van der Waals surface area contributed by atoms with E-state index in [1.165, 1.54) is 19.3 Å². The molecular formula is C17H31NO3S. The molecule has 0 saturated heterocycles. The molecule has 1 amide bonds. The lowest BCUT2D eigenvalue weighted by molar-refractivity contribution is -0.122. The van der Waals surface area contributed by atoms with Crippen LogP contribution in [0.1, 0.15) is 65.7 Å². The van der Waals surface area contributed by atoms with Gasteiger partial charge in [0.05, 0.1) is 6.04 Å². The number of Topliss-reactive ketones (excluding diaryl/α,β-unsaturated/α-hetero) is 1. The number of nitrogens with one attached hydrogen (secondary N) is 1. The Morgan fingerprint density at radius 2 is 1.86 bits per heavy atom. The molecule has 0 heterocycles. The number of carbonyl (C=O) groups is 2. The smallest absolute Gasteiger partial charge is 0.408 e. The molecule has 0 spiro atoms. The van der Waals surface area contributed by atoms with Crippen LogP contribution in [-0.2, 0) is 9.53 Å². The van der Waals surface area contributed by atoms with Crippen molar-refractivity contribution < 1.29 is 14.3 Å². The first kappa shape index (κ1) is 19.3. The molecule has 22 heavy (non-hydrogen) atoms. The Bertz CT molecular complexity index is 359. The molecule has 1 aliphatic rings. The van der Waals surface area contributed by atoms with Crippen molar-refractivity contribution in [1.82, 2.24) is 5.32 Å². The number of ketones is 1. The maximum absolute atomic E-state index is 12.5. The SMILES string of the molecule is CSCC[C@H](NC(=O)OC(C)(C)C)C(=O)CC1CCCCC1. The quantitative estimate of drug-likeness (QED) is 0.761. The molecule has 0 aliphatic heterocycles. The fourth-order valence-corrected chi connectivity index (χ4v) is 3.29. The number of alkyl carbamates (subject to hydrolysis) is 1. The highest BCUT2D eigenvalue weighted by atomic mass is 32.2. The van der Waals surface area contributed by atoms with Crippen molar-refractivity contribution in [3.8, 4) is 0 Å². The van der Waals surface area contributed by atoms with Crippen LogP contribution in [0.5, 0.6) is 0 Å². The van der Waals surface area contributed by atoms with Crippen molar-refractivity contribution in [2.24, 2.45) is 5.92 Å². The maximum atomic E-state index is 12.5. The van der Waals surface area contributed by atoms with E-state index >= 15 is 0 Å². The predicted octanol–water partition coefficient (Wildman–Crippen LogP) is 4.17. The van der Waals surface area contributed by atoms with E-state index in [0.717, 1.165) is 18.6 Å². The van der Waals surface area contributed by atoms with Gasteiger partial charge in [0.25, 0.3) is 0 Å². The normalized spacial score (nSPS) is 17.8. The second kappa shape index (κ2) is 9.43. The Balaban J connectivity index is 2.53. The molecule has 0 aromatic carbocycles. The first-order valence-corrected chi connectivity index (χ1v) is 9.72. The van der Waals surface area contributed by atoms with Crippen LogP contribution >= 0.6 is 11.8 Å². The second-order valence-electron chi connectivity index (χ2n) is 7.15. The van der Waals surface area contributed by atoms with E-state index < -0.39 is 17.7 Å². The van der Waals surface area contributed by atoms with Crippen LogP contribution in [0.15, 0.2) is 0 Å². The van der Waals surface area contributed by atoms with E-state index in [-0.39, 0.29) is 5.78 Å². The average molecular weight is 330 g/mol. The number of rotatable bonds is 7. The van der Waals surface area contributed by atoms with Crippen molar-refractivity contribution >= 4 is 23.6 Å². The minimum atomic E-state index is -0.541. The number of amides is 1. The largest absolute Gasteiger partial charge is 0.444 e. The third-order valence-electron chi connectivity index (χ3n) is 3.90. The molecule has 1 rings (SSSR count). The van der Waals surface area contributed by atoms with Crippen LogP contribution < -0.4 is 5.32 Å². The monoisotopic (exact) mass is 329 g/mol. The first-order valence-electron chi connectivity index (χ1n) is 8.33. The lowest BCUT2D eigenvalue weighted by atomic mass is 9.84. The first-order chi connectivity index (χ1) is 10.3. The highest BCUT2D eigenvalue weighted by Crippen LogP contribution is 2.27. The average Bonchev–Trinajstić information content (AvgIpc) is 2.42. The van der Waals surface area contributed by atoms with Crippen LogP contribution in [0.25, 0.3) is 0 Å². The van der Waals surface area contributed by atoms with Gasteiger partial charge in [0.15, 0.2) is 5.78 Å². The molecule has 0 unspecified atom stereocenters. The van der Waals surface area contributed by atoms with Gasteiger partial charge < -0.3 is 10.1 Å². The summed E-state index contributed by atoms with van der Waals surface area (Å²) in [4.78, 5) is 24.5. The number of carbonyl (C=O) groups excluding carboxylic acids is 2. The van der Waals surface area contributed by atoms with Gasteiger partial charge in [-0.2, -0.15) is 11.8 Å². The van der Waals surface area contributed by atoms with Crippen LogP contribution in [-0.4, -0.2) is 35.5 Å². The second-order valence-corrected chi connectivity index (χ2v) is 8.14. The summed E-state index contributed by atoms with van der Waals surface area (Å²) in [5.74, 6) is 1.52. The summed E-state index contributed by atoms with van der Waals surface area (Å²) in [5.41, 5.74) is -0.541. The van der Waals surface area contributed by atoms with Gasteiger partial charge in [0, 0.05) is 6.42 Å². The molecule has 1 fully saturated rings. The Morgan fingerprint density at radius 1 is 1.23 bits per heavy atom. The van der Waals surface area contributed by atoms with Crippen molar-refractivity contribution in [1.29, 1.82) is 0 Å². The highest BCUT2D eigenvalue weighted by Gasteiger charge is 2.26. The summed E-state index contributed by atoms with van der Waals surface area (Å²) in [7, 11) is 0.